The Morgan fingerprint density at radius 2 is 2.05 bits per heavy atom. The van der Waals surface area contributed by atoms with Gasteiger partial charge in [0.15, 0.2) is 0 Å². The number of aromatic nitrogens is 2. The lowest BCUT2D eigenvalue weighted by molar-refractivity contribution is 0.0746. The van der Waals surface area contributed by atoms with Crippen LogP contribution in [-0.4, -0.2) is 27.4 Å². The summed E-state index contributed by atoms with van der Waals surface area (Å²) in [7, 11) is 1.79. The normalized spacial score (nSPS) is 12.2. The molecule has 1 aromatic heterocycles. The highest BCUT2D eigenvalue weighted by atomic mass is 35.5. The van der Waals surface area contributed by atoms with Crippen LogP contribution in [0, 0.1) is 0 Å². The summed E-state index contributed by atoms with van der Waals surface area (Å²) in [6, 6.07) is 7.49. The smallest absolute Gasteiger partial charge is 0.267 e. The van der Waals surface area contributed by atoms with Crippen LogP contribution >= 0.6 is 23.1 Å². The highest BCUT2D eigenvalue weighted by Crippen LogP contribution is 2.24. The van der Waals surface area contributed by atoms with Gasteiger partial charge in [0.2, 0.25) is 0 Å². The van der Waals surface area contributed by atoms with E-state index in [0.29, 0.717) is 16.3 Å². The zero-order valence-electron chi connectivity index (χ0n) is 11.6. The molecule has 0 aliphatic heterocycles. The summed E-state index contributed by atoms with van der Waals surface area (Å²) in [5.41, 5.74) is 1.80. The number of carbonyl (C=O) groups is 1. The first kappa shape index (κ1) is 14.9. The fourth-order valence-corrected chi connectivity index (χ4v) is 2.76. The van der Waals surface area contributed by atoms with E-state index in [-0.39, 0.29) is 11.9 Å². The second kappa shape index (κ2) is 6.33. The molecule has 0 aliphatic rings. The molecule has 6 heteroatoms. The van der Waals surface area contributed by atoms with E-state index < -0.39 is 0 Å². The average molecular weight is 310 g/mol. The summed E-state index contributed by atoms with van der Waals surface area (Å²) in [5, 5.41) is 4.68. The first-order valence-electron chi connectivity index (χ1n) is 6.38. The Labute approximate surface area is 127 Å². The highest BCUT2D eigenvalue weighted by molar-refractivity contribution is 7.08. The van der Waals surface area contributed by atoms with Gasteiger partial charge in [-0.15, -0.1) is 5.10 Å². The molecule has 4 nitrogen and oxygen atoms in total. The standard InChI is InChI=1S/C14H16ClN3OS/c1-4-12-13(20-17-16-12)14(19)18(3)9(2)10-5-7-11(15)8-6-10/h5-9H,4H2,1-3H3. The lowest BCUT2D eigenvalue weighted by Crippen LogP contribution is -2.29. The molecule has 1 atom stereocenters. The van der Waals surface area contributed by atoms with E-state index >= 15 is 0 Å². The number of carbonyl (C=O) groups excluding carboxylic acids is 1. The molecule has 0 spiro atoms. The first-order chi connectivity index (χ1) is 9.54. The van der Waals surface area contributed by atoms with Gasteiger partial charge in [-0.25, -0.2) is 0 Å². The Kier molecular flexibility index (Phi) is 4.73. The predicted octanol–water partition coefficient (Wildman–Crippen LogP) is 3.59. The Balaban J connectivity index is 2.20. The van der Waals surface area contributed by atoms with Crippen molar-refractivity contribution < 1.29 is 4.79 Å². The molecule has 0 N–H and O–H groups in total. The van der Waals surface area contributed by atoms with Crippen LogP contribution in [0.3, 0.4) is 0 Å². The molecule has 1 unspecified atom stereocenters. The molecule has 0 fully saturated rings. The van der Waals surface area contributed by atoms with Crippen molar-refractivity contribution in [3.63, 3.8) is 0 Å². The third-order valence-corrected chi connectivity index (χ3v) is 4.35. The summed E-state index contributed by atoms with van der Waals surface area (Å²) in [6.07, 6.45) is 0.709. The van der Waals surface area contributed by atoms with Crippen molar-refractivity contribution >= 4 is 29.0 Å². The molecule has 0 saturated carbocycles. The van der Waals surface area contributed by atoms with Crippen LogP contribution in [0.25, 0.3) is 0 Å². The minimum absolute atomic E-state index is 0.0356. The monoisotopic (exact) mass is 309 g/mol. The van der Waals surface area contributed by atoms with Crippen molar-refractivity contribution in [3.05, 3.63) is 45.4 Å². The molecule has 1 aromatic carbocycles. The van der Waals surface area contributed by atoms with E-state index in [1.54, 1.807) is 11.9 Å². The molecular formula is C14H16ClN3OS. The van der Waals surface area contributed by atoms with Crippen molar-refractivity contribution in [2.24, 2.45) is 0 Å². The lowest BCUT2D eigenvalue weighted by atomic mass is 10.1. The maximum Gasteiger partial charge on any atom is 0.267 e. The van der Waals surface area contributed by atoms with E-state index in [9.17, 15) is 4.79 Å². The summed E-state index contributed by atoms with van der Waals surface area (Å²) in [6.45, 7) is 3.96. The third-order valence-electron chi connectivity index (χ3n) is 3.34. The molecule has 106 valence electrons. The molecule has 0 radical (unpaired) electrons. The summed E-state index contributed by atoms with van der Waals surface area (Å²) >= 11 is 7.04. The van der Waals surface area contributed by atoms with Crippen molar-refractivity contribution in [3.8, 4) is 0 Å². The van der Waals surface area contributed by atoms with Gasteiger partial charge in [-0.3, -0.25) is 4.79 Å². The quantitative estimate of drug-likeness (QED) is 0.867. The zero-order chi connectivity index (χ0) is 14.7. The van der Waals surface area contributed by atoms with E-state index in [2.05, 4.69) is 9.59 Å². The molecule has 2 aromatic rings. The van der Waals surface area contributed by atoms with E-state index in [1.807, 2.05) is 38.1 Å². The van der Waals surface area contributed by atoms with Crippen LogP contribution in [0.15, 0.2) is 24.3 Å². The number of hydrogen-bond donors (Lipinski definition) is 0. The van der Waals surface area contributed by atoms with Crippen LogP contribution in [-0.2, 0) is 6.42 Å². The van der Waals surface area contributed by atoms with Gasteiger partial charge in [0.05, 0.1) is 11.7 Å². The van der Waals surface area contributed by atoms with E-state index in [0.717, 1.165) is 22.8 Å². The Hall–Kier alpha value is -1.46. The van der Waals surface area contributed by atoms with Crippen LogP contribution in [0.1, 0.15) is 40.8 Å². The number of aryl methyl sites for hydroxylation is 1. The third kappa shape index (κ3) is 2.99. The average Bonchev–Trinajstić information content (AvgIpc) is 2.94. The van der Waals surface area contributed by atoms with Gasteiger partial charge >= 0.3 is 0 Å². The summed E-state index contributed by atoms with van der Waals surface area (Å²) in [5.74, 6) is -0.0423. The van der Waals surface area contributed by atoms with Crippen molar-refractivity contribution in [2.45, 2.75) is 26.3 Å². The SMILES string of the molecule is CCc1nnsc1C(=O)N(C)C(C)c1ccc(Cl)cc1. The number of amides is 1. The van der Waals surface area contributed by atoms with Crippen molar-refractivity contribution in [1.29, 1.82) is 0 Å². The molecule has 2 rings (SSSR count). The topological polar surface area (TPSA) is 46.1 Å². The van der Waals surface area contributed by atoms with E-state index in [4.69, 9.17) is 11.6 Å². The molecule has 1 amide bonds. The van der Waals surface area contributed by atoms with Crippen LogP contribution in [0.4, 0.5) is 0 Å². The molecule has 1 heterocycles. The molecule has 0 saturated heterocycles. The molecule has 20 heavy (non-hydrogen) atoms. The Bertz CT molecular complexity index is 597. The van der Waals surface area contributed by atoms with Gasteiger partial charge in [-0.2, -0.15) is 0 Å². The molecule has 0 aliphatic carbocycles. The molecule has 0 bridgehead atoms. The predicted molar refractivity (Wildman–Crippen MR) is 81.2 cm³/mol. The molecular weight excluding hydrogens is 294 g/mol. The number of hydrogen-bond acceptors (Lipinski definition) is 4. The van der Waals surface area contributed by atoms with Gasteiger partial charge in [0, 0.05) is 12.1 Å². The second-order valence-corrected chi connectivity index (χ2v) is 5.74. The summed E-state index contributed by atoms with van der Waals surface area (Å²) in [4.78, 5) is 14.8. The van der Waals surface area contributed by atoms with Crippen LogP contribution < -0.4 is 0 Å². The lowest BCUT2D eigenvalue weighted by Gasteiger charge is -2.25. The second-order valence-electron chi connectivity index (χ2n) is 4.55. The number of rotatable bonds is 4. The van der Waals surface area contributed by atoms with Gasteiger partial charge in [-0.05, 0) is 42.6 Å². The van der Waals surface area contributed by atoms with Gasteiger partial charge in [0.1, 0.15) is 4.88 Å². The van der Waals surface area contributed by atoms with Gasteiger partial charge in [-0.1, -0.05) is 35.1 Å². The first-order valence-corrected chi connectivity index (χ1v) is 7.53. The number of benzene rings is 1. The number of halogens is 1. The fourth-order valence-electron chi connectivity index (χ4n) is 1.90. The Morgan fingerprint density at radius 3 is 2.65 bits per heavy atom. The zero-order valence-corrected chi connectivity index (χ0v) is 13.2. The maximum atomic E-state index is 12.5. The van der Waals surface area contributed by atoms with Gasteiger partial charge < -0.3 is 4.90 Å². The minimum atomic E-state index is -0.0423. The van der Waals surface area contributed by atoms with E-state index in [1.165, 1.54) is 0 Å². The summed E-state index contributed by atoms with van der Waals surface area (Å²) < 4.78 is 3.87. The Morgan fingerprint density at radius 1 is 1.40 bits per heavy atom. The highest BCUT2D eigenvalue weighted by Gasteiger charge is 2.23. The largest absolute Gasteiger partial charge is 0.334 e. The maximum absolute atomic E-state index is 12.5. The van der Waals surface area contributed by atoms with Crippen LogP contribution in [0.5, 0.6) is 0 Å². The number of nitrogens with zero attached hydrogens (tertiary/aromatic N) is 3. The van der Waals surface area contributed by atoms with Crippen molar-refractivity contribution in [2.75, 3.05) is 7.05 Å². The minimum Gasteiger partial charge on any atom is -0.334 e. The van der Waals surface area contributed by atoms with Gasteiger partial charge in [0.25, 0.3) is 5.91 Å². The van der Waals surface area contributed by atoms with Crippen molar-refractivity contribution in [1.82, 2.24) is 14.5 Å². The fraction of sp³-hybridized carbons (Fsp3) is 0.357. The van der Waals surface area contributed by atoms with Crippen LogP contribution in [0.2, 0.25) is 5.02 Å².